The summed E-state index contributed by atoms with van der Waals surface area (Å²) in [6, 6.07) is -0.130. The van der Waals surface area contributed by atoms with Gasteiger partial charge in [0, 0.05) is 18.6 Å². The van der Waals surface area contributed by atoms with Gasteiger partial charge >= 0.3 is 0 Å². The van der Waals surface area contributed by atoms with Crippen molar-refractivity contribution in [2.75, 3.05) is 26.3 Å². The van der Waals surface area contributed by atoms with Crippen molar-refractivity contribution in [2.45, 2.75) is 25.8 Å². The van der Waals surface area contributed by atoms with Crippen molar-refractivity contribution in [1.82, 2.24) is 4.90 Å². The zero-order valence-corrected chi connectivity index (χ0v) is 8.66. The average molecular weight is 198 g/mol. The third-order valence-electron chi connectivity index (χ3n) is 3.61. The van der Waals surface area contributed by atoms with Crippen LogP contribution in [0, 0.1) is 5.41 Å². The van der Waals surface area contributed by atoms with Crippen LogP contribution >= 0.6 is 0 Å². The quantitative estimate of drug-likeness (QED) is 0.678. The molecule has 14 heavy (non-hydrogen) atoms. The number of likely N-dealkylation sites (tertiary alicyclic amines) is 1. The molecule has 0 aromatic rings. The predicted molar refractivity (Wildman–Crippen MR) is 52.7 cm³/mol. The SMILES string of the molecule is CC(C(N)=O)N1CCC2(CCOC2)C1. The lowest BCUT2D eigenvalue weighted by atomic mass is 9.87. The van der Waals surface area contributed by atoms with E-state index in [1.54, 1.807) is 0 Å². The zero-order valence-electron chi connectivity index (χ0n) is 8.66. The Morgan fingerprint density at radius 3 is 2.93 bits per heavy atom. The van der Waals surface area contributed by atoms with E-state index in [1.165, 1.54) is 0 Å². The maximum Gasteiger partial charge on any atom is 0.234 e. The number of primary amides is 1. The van der Waals surface area contributed by atoms with Crippen molar-refractivity contribution >= 4 is 5.91 Å². The van der Waals surface area contributed by atoms with E-state index >= 15 is 0 Å². The Morgan fingerprint density at radius 2 is 2.36 bits per heavy atom. The van der Waals surface area contributed by atoms with Gasteiger partial charge in [0.15, 0.2) is 0 Å². The fourth-order valence-corrected chi connectivity index (χ4v) is 2.45. The van der Waals surface area contributed by atoms with Gasteiger partial charge in [-0.3, -0.25) is 9.69 Å². The number of hydrogen-bond donors (Lipinski definition) is 1. The van der Waals surface area contributed by atoms with E-state index in [0.717, 1.165) is 39.1 Å². The largest absolute Gasteiger partial charge is 0.381 e. The lowest BCUT2D eigenvalue weighted by molar-refractivity contribution is -0.122. The van der Waals surface area contributed by atoms with Crippen molar-refractivity contribution in [3.63, 3.8) is 0 Å². The molecule has 2 atom stereocenters. The van der Waals surface area contributed by atoms with Crippen LogP contribution in [0.4, 0.5) is 0 Å². The van der Waals surface area contributed by atoms with Crippen molar-refractivity contribution < 1.29 is 9.53 Å². The van der Waals surface area contributed by atoms with Gasteiger partial charge in [0.1, 0.15) is 0 Å². The molecule has 2 aliphatic heterocycles. The van der Waals surface area contributed by atoms with Gasteiger partial charge in [0.05, 0.1) is 12.6 Å². The second kappa shape index (κ2) is 3.51. The molecule has 4 heteroatoms. The average Bonchev–Trinajstić information content (AvgIpc) is 2.76. The summed E-state index contributed by atoms with van der Waals surface area (Å²) in [7, 11) is 0. The maximum absolute atomic E-state index is 11.0. The minimum Gasteiger partial charge on any atom is -0.381 e. The van der Waals surface area contributed by atoms with Crippen LogP contribution in [0.1, 0.15) is 19.8 Å². The molecule has 0 aliphatic carbocycles. The fourth-order valence-electron chi connectivity index (χ4n) is 2.45. The summed E-state index contributed by atoms with van der Waals surface area (Å²) in [5.74, 6) is -0.221. The highest BCUT2D eigenvalue weighted by Gasteiger charge is 2.43. The summed E-state index contributed by atoms with van der Waals surface area (Å²) >= 11 is 0. The number of carbonyl (C=O) groups is 1. The van der Waals surface area contributed by atoms with E-state index in [4.69, 9.17) is 10.5 Å². The molecule has 4 nitrogen and oxygen atoms in total. The molecule has 2 fully saturated rings. The molecule has 0 aromatic heterocycles. The van der Waals surface area contributed by atoms with E-state index in [0.29, 0.717) is 5.41 Å². The highest BCUT2D eigenvalue weighted by Crippen LogP contribution is 2.38. The number of nitrogens with two attached hydrogens (primary N) is 1. The number of carbonyl (C=O) groups excluding carboxylic acids is 1. The Morgan fingerprint density at radius 1 is 1.57 bits per heavy atom. The van der Waals surface area contributed by atoms with Gasteiger partial charge in [-0.2, -0.15) is 0 Å². The number of ether oxygens (including phenoxy) is 1. The molecule has 1 amide bonds. The van der Waals surface area contributed by atoms with Crippen LogP contribution in [0.2, 0.25) is 0 Å². The molecule has 2 saturated heterocycles. The van der Waals surface area contributed by atoms with E-state index in [-0.39, 0.29) is 11.9 Å². The smallest absolute Gasteiger partial charge is 0.234 e. The molecule has 80 valence electrons. The van der Waals surface area contributed by atoms with Crippen LogP contribution in [0.25, 0.3) is 0 Å². The first-order valence-corrected chi connectivity index (χ1v) is 5.24. The number of nitrogens with zero attached hydrogens (tertiary/aromatic N) is 1. The molecule has 0 bridgehead atoms. The molecule has 0 saturated carbocycles. The van der Waals surface area contributed by atoms with Crippen LogP contribution in [0.5, 0.6) is 0 Å². The first kappa shape index (κ1) is 9.93. The first-order chi connectivity index (χ1) is 6.63. The van der Waals surface area contributed by atoms with Gasteiger partial charge in [-0.1, -0.05) is 0 Å². The first-order valence-electron chi connectivity index (χ1n) is 5.24. The Kier molecular flexibility index (Phi) is 2.49. The van der Waals surface area contributed by atoms with Crippen molar-refractivity contribution in [2.24, 2.45) is 11.1 Å². The second-order valence-electron chi connectivity index (χ2n) is 4.60. The second-order valence-corrected chi connectivity index (χ2v) is 4.60. The molecule has 2 rings (SSSR count). The maximum atomic E-state index is 11.0. The lowest BCUT2D eigenvalue weighted by Crippen LogP contribution is -2.42. The van der Waals surface area contributed by atoms with Gasteiger partial charge in [-0.25, -0.2) is 0 Å². The third-order valence-corrected chi connectivity index (χ3v) is 3.61. The highest BCUT2D eigenvalue weighted by atomic mass is 16.5. The van der Waals surface area contributed by atoms with Crippen LogP contribution < -0.4 is 5.73 Å². The Bertz CT molecular complexity index is 236. The topological polar surface area (TPSA) is 55.6 Å². The number of hydrogen-bond acceptors (Lipinski definition) is 3. The summed E-state index contributed by atoms with van der Waals surface area (Å²) in [4.78, 5) is 13.2. The van der Waals surface area contributed by atoms with Crippen molar-refractivity contribution in [3.8, 4) is 0 Å². The van der Waals surface area contributed by atoms with Gasteiger partial charge in [-0.15, -0.1) is 0 Å². The van der Waals surface area contributed by atoms with Gasteiger partial charge < -0.3 is 10.5 Å². The minimum atomic E-state index is -0.221. The van der Waals surface area contributed by atoms with Gasteiger partial charge in [0.2, 0.25) is 5.91 Å². The van der Waals surface area contributed by atoms with Gasteiger partial charge in [0.25, 0.3) is 0 Å². The summed E-state index contributed by atoms with van der Waals surface area (Å²) in [5.41, 5.74) is 5.61. The van der Waals surface area contributed by atoms with Crippen LogP contribution in [-0.2, 0) is 9.53 Å². The van der Waals surface area contributed by atoms with E-state index in [2.05, 4.69) is 4.90 Å². The standard InChI is InChI=1S/C10H18N2O2/c1-8(9(11)13)12-4-2-10(6-12)3-5-14-7-10/h8H,2-7H2,1H3,(H2,11,13). The number of rotatable bonds is 2. The third kappa shape index (κ3) is 1.64. The van der Waals surface area contributed by atoms with Crippen LogP contribution in [0.3, 0.4) is 0 Å². The van der Waals surface area contributed by atoms with E-state index < -0.39 is 0 Å². The normalized spacial score (nSPS) is 35.2. The Labute approximate surface area is 84.4 Å². The lowest BCUT2D eigenvalue weighted by Gasteiger charge is -2.24. The molecule has 2 N–H and O–H groups in total. The Balaban J connectivity index is 1.97. The molecule has 2 unspecified atom stereocenters. The highest BCUT2D eigenvalue weighted by molar-refractivity contribution is 5.79. The molecule has 0 aromatic carbocycles. The molecular weight excluding hydrogens is 180 g/mol. The molecule has 1 spiro atoms. The molecule has 2 aliphatic rings. The number of amides is 1. The van der Waals surface area contributed by atoms with Crippen LogP contribution in [-0.4, -0.2) is 43.2 Å². The summed E-state index contributed by atoms with van der Waals surface area (Å²) in [5, 5.41) is 0. The zero-order chi connectivity index (χ0) is 10.2. The predicted octanol–water partition coefficient (Wildman–Crippen LogP) is -0.0274. The minimum absolute atomic E-state index is 0.130. The van der Waals surface area contributed by atoms with Crippen molar-refractivity contribution in [1.29, 1.82) is 0 Å². The monoisotopic (exact) mass is 198 g/mol. The fraction of sp³-hybridized carbons (Fsp3) is 0.900. The van der Waals surface area contributed by atoms with Crippen LogP contribution in [0.15, 0.2) is 0 Å². The Hall–Kier alpha value is -0.610. The van der Waals surface area contributed by atoms with Gasteiger partial charge in [-0.05, 0) is 26.3 Å². The van der Waals surface area contributed by atoms with Crippen molar-refractivity contribution in [3.05, 3.63) is 0 Å². The molecule has 2 heterocycles. The van der Waals surface area contributed by atoms with E-state index in [1.807, 2.05) is 6.92 Å². The summed E-state index contributed by atoms with van der Waals surface area (Å²) in [6.07, 6.45) is 2.28. The summed E-state index contributed by atoms with van der Waals surface area (Å²) in [6.45, 7) is 5.56. The molecule has 0 radical (unpaired) electrons. The molecular formula is C10H18N2O2. The van der Waals surface area contributed by atoms with E-state index in [9.17, 15) is 4.79 Å². The summed E-state index contributed by atoms with van der Waals surface area (Å²) < 4.78 is 5.43.